The topological polar surface area (TPSA) is 63.6 Å². The molecule has 0 atom stereocenters. The third-order valence-electron chi connectivity index (χ3n) is 7.25. The lowest BCUT2D eigenvalue weighted by Crippen LogP contribution is -2.11. The molecule has 0 aromatic carbocycles. The summed E-state index contributed by atoms with van der Waals surface area (Å²) >= 11 is 0. The van der Waals surface area contributed by atoms with Crippen molar-refractivity contribution in [2.24, 2.45) is 0 Å². The SMILES string of the molecule is CCCCCCCCCCCCCC(=O)OC(=O)CCCCCCCCCCCCCCCCCO. The van der Waals surface area contributed by atoms with Crippen LogP contribution in [0.4, 0.5) is 0 Å². The Morgan fingerprint density at radius 1 is 0.417 bits per heavy atom. The van der Waals surface area contributed by atoms with E-state index in [0.29, 0.717) is 19.4 Å². The molecule has 1 N–H and O–H groups in total. The van der Waals surface area contributed by atoms with Crippen LogP contribution in [-0.2, 0) is 14.3 Å². The van der Waals surface area contributed by atoms with Crippen molar-refractivity contribution < 1.29 is 19.4 Å². The molecule has 0 aliphatic carbocycles. The summed E-state index contributed by atoms with van der Waals surface area (Å²) in [5, 5.41) is 8.76. The fourth-order valence-electron chi connectivity index (χ4n) is 4.84. The minimum Gasteiger partial charge on any atom is -0.396 e. The molecule has 0 aromatic heterocycles. The molecule has 0 rings (SSSR count). The van der Waals surface area contributed by atoms with Crippen LogP contribution in [0.15, 0.2) is 0 Å². The molecule has 0 amide bonds. The summed E-state index contributed by atoms with van der Waals surface area (Å²) in [6.45, 7) is 2.59. The van der Waals surface area contributed by atoms with Crippen LogP contribution in [0.2, 0.25) is 0 Å². The molecular weight excluding hydrogens is 448 g/mol. The average Bonchev–Trinajstić information content (AvgIpc) is 2.87. The van der Waals surface area contributed by atoms with Crippen LogP contribution < -0.4 is 0 Å². The molecule has 0 fully saturated rings. The summed E-state index contributed by atoms with van der Waals surface area (Å²) in [4.78, 5) is 23.7. The van der Waals surface area contributed by atoms with Gasteiger partial charge in [-0.2, -0.15) is 0 Å². The largest absolute Gasteiger partial charge is 0.396 e. The van der Waals surface area contributed by atoms with Gasteiger partial charge in [0.1, 0.15) is 0 Å². The second kappa shape index (κ2) is 30.3. The van der Waals surface area contributed by atoms with Gasteiger partial charge in [-0.15, -0.1) is 0 Å². The standard InChI is InChI=1S/C32H62O4/c1-2-3-4-5-6-7-13-16-19-22-25-28-31(34)36-32(35)29-26-23-20-17-14-11-9-8-10-12-15-18-21-24-27-30-33/h33H,2-30H2,1H3. The summed E-state index contributed by atoms with van der Waals surface area (Å²) in [6.07, 6.45) is 33.0. The summed E-state index contributed by atoms with van der Waals surface area (Å²) < 4.78 is 4.98. The molecule has 4 nitrogen and oxygen atoms in total. The molecule has 36 heavy (non-hydrogen) atoms. The van der Waals surface area contributed by atoms with Gasteiger partial charge in [-0.25, -0.2) is 0 Å². The molecule has 0 aliphatic rings. The van der Waals surface area contributed by atoms with Gasteiger partial charge in [-0.3, -0.25) is 9.59 Å². The Balaban J connectivity index is 3.28. The van der Waals surface area contributed by atoms with Crippen molar-refractivity contribution in [3.8, 4) is 0 Å². The van der Waals surface area contributed by atoms with E-state index in [1.165, 1.54) is 135 Å². The van der Waals surface area contributed by atoms with Crippen LogP contribution in [0.3, 0.4) is 0 Å². The Labute approximate surface area is 224 Å². The Kier molecular flexibility index (Phi) is 29.6. The first kappa shape index (κ1) is 35.1. The highest BCUT2D eigenvalue weighted by atomic mass is 16.6. The van der Waals surface area contributed by atoms with Crippen LogP contribution in [0.1, 0.15) is 187 Å². The van der Waals surface area contributed by atoms with Crippen LogP contribution in [-0.4, -0.2) is 23.7 Å². The lowest BCUT2D eigenvalue weighted by Gasteiger charge is -2.05. The smallest absolute Gasteiger partial charge is 0.313 e. The maximum absolute atomic E-state index is 11.8. The quantitative estimate of drug-likeness (QED) is 0.0617. The Bertz CT molecular complexity index is 463. The number of esters is 2. The van der Waals surface area contributed by atoms with Crippen molar-refractivity contribution in [1.82, 2.24) is 0 Å². The van der Waals surface area contributed by atoms with E-state index in [1.54, 1.807) is 0 Å². The van der Waals surface area contributed by atoms with Crippen molar-refractivity contribution in [2.75, 3.05) is 6.61 Å². The third kappa shape index (κ3) is 29.3. The van der Waals surface area contributed by atoms with Gasteiger partial charge in [0.2, 0.25) is 0 Å². The lowest BCUT2D eigenvalue weighted by molar-refractivity contribution is -0.159. The van der Waals surface area contributed by atoms with Crippen LogP contribution in [0.5, 0.6) is 0 Å². The van der Waals surface area contributed by atoms with E-state index >= 15 is 0 Å². The van der Waals surface area contributed by atoms with Gasteiger partial charge in [-0.05, 0) is 19.3 Å². The van der Waals surface area contributed by atoms with E-state index in [9.17, 15) is 9.59 Å². The van der Waals surface area contributed by atoms with E-state index < -0.39 is 0 Å². The number of hydrogen-bond acceptors (Lipinski definition) is 4. The number of hydrogen-bond donors (Lipinski definition) is 1. The average molecular weight is 511 g/mol. The van der Waals surface area contributed by atoms with Crippen molar-refractivity contribution in [3.05, 3.63) is 0 Å². The Morgan fingerprint density at radius 2 is 0.667 bits per heavy atom. The lowest BCUT2D eigenvalue weighted by atomic mass is 10.0. The first-order valence-electron chi connectivity index (χ1n) is 16.0. The molecule has 0 radical (unpaired) electrons. The van der Waals surface area contributed by atoms with E-state index in [4.69, 9.17) is 9.84 Å². The summed E-state index contributed by atoms with van der Waals surface area (Å²) in [5.74, 6) is -0.672. The highest BCUT2D eigenvalue weighted by Crippen LogP contribution is 2.15. The first-order chi connectivity index (χ1) is 17.7. The second-order valence-corrected chi connectivity index (χ2v) is 10.9. The first-order valence-corrected chi connectivity index (χ1v) is 16.0. The van der Waals surface area contributed by atoms with Crippen molar-refractivity contribution in [1.29, 1.82) is 0 Å². The van der Waals surface area contributed by atoms with Gasteiger partial charge in [0.25, 0.3) is 0 Å². The van der Waals surface area contributed by atoms with Gasteiger partial charge in [0.05, 0.1) is 0 Å². The van der Waals surface area contributed by atoms with Gasteiger partial charge < -0.3 is 9.84 Å². The zero-order valence-electron chi connectivity index (χ0n) is 24.2. The molecule has 0 aromatic rings. The maximum atomic E-state index is 11.8. The predicted molar refractivity (Wildman–Crippen MR) is 153 cm³/mol. The minimum atomic E-state index is -0.337. The molecule has 214 valence electrons. The van der Waals surface area contributed by atoms with E-state index in [-0.39, 0.29) is 11.9 Å². The van der Waals surface area contributed by atoms with E-state index in [0.717, 1.165) is 32.1 Å². The molecule has 0 bridgehead atoms. The molecule has 0 saturated heterocycles. The number of carbonyl (C=O) groups is 2. The summed E-state index contributed by atoms with van der Waals surface area (Å²) in [7, 11) is 0. The van der Waals surface area contributed by atoms with E-state index in [2.05, 4.69) is 6.92 Å². The van der Waals surface area contributed by atoms with Crippen LogP contribution in [0.25, 0.3) is 0 Å². The number of carbonyl (C=O) groups excluding carboxylic acids is 2. The zero-order chi connectivity index (χ0) is 26.4. The maximum Gasteiger partial charge on any atom is 0.313 e. The van der Waals surface area contributed by atoms with Crippen molar-refractivity contribution >= 4 is 11.9 Å². The molecule has 0 unspecified atom stereocenters. The van der Waals surface area contributed by atoms with Gasteiger partial charge in [-0.1, -0.05) is 155 Å². The summed E-state index contributed by atoms with van der Waals surface area (Å²) in [6, 6.07) is 0. The Morgan fingerprint density at radius 3 is 0.944 bits per heavy atom. The monoisotopic (exact) mass is 510 g/mol. The second-order valence-electron chi connectivity index (χ2n) is 10.9. The number of ether oxygens (including phenoxy) is 1. The fourth-order valence-corrected chi connectivity index (χ4v) is 4.84. The predicted octanol–water partition coefficient (Wildman–Crippen LogP) is 9.99. The highest BCUT2D eigenvalue weighted by molar-refractivity contribution is 5.85. The number of unbranched alkanes of at least 4 members (excludes halogenated alkanes) is 24. The molecular formula is C32H62O4. The fraction of sp³-hybridized carbons (Fsp3) is 0.938. The molecule has 0 aliphatic heterocycles. The molecule has 0 saturated carbocycles. The van der Waals surface area contributed by atoms with E-state index in [1.807, 2.05) is 0 Å². The van der Waals surface area contributed by atoms with Crippen molar-refractivity contribution in [3.63, 3.8) is 0 Å². The summed E-state index contributed by atoms with van der Waals surface area (Å²) in [5.41, 5.74) is 0. The number of rotatable bonds is 29. The third-order valence-corrected chi connectivity index (χ3v) is 7.25. The van der Waals surface area contributed by atoms with Crippen LogP contribution >= 0.6 is 0 Å². The van der Waals surface area contributed by atoms with Gasteiger partial charge >= 0.3 is 11.9 Å². The molecule has 0 spiro atoms. The van der Waals surface area contributed by atoms with Gasteiger partial charge in [0.15, 0.2) is 0 Å². The molecule has 0 heterocycles. The van der Waals surface area contributed by atoms with Crippen LogP contribution in [0, 0.1) is 0 Å². The number of aliphatic hydroxyl groups is 1. The zero-order valence-corrected chi connectivity index (χ0v) is 24.2. The number of aliphatic hydroxyl groups excluding tert-OH is 1. The normalized spacial score (nSPS) is 11.2. The van der Waals surface area contributed by atoms with Crippen molar-refractivity contribution in [2.45, 2.75) is 187 Å². The minimum absolute atomic E-state index is 0.336. The highest BCUT2D eigenvalue weighted by Gasteiger charge is 2.09. The van der Waals surface area contributed by atoms with Gasteiger partial charge in [0, 0.05) is 19.4 Å². The molecule has 4 heteroatoms. The Hall–Kier alpha value is -0.900.